The molecule has 0 saturated carbocycles. The second kappa shape index (κ2) is 9.03. The Morgan fingerprint density at radius 2 is 1.97 bits per heavy atom. The van der Waals surface area contributed by atoms with Crippen LogP contribution in [-0.4, -0.2) is 31.2 Å². The first-order valence-corrected chi connectivity index (χ1v) is 9.75. The first-order valence-electron chi connectivity index (χ1n) is 9.75. The predicted octanol–water partition coefficient (Wildman–Crippen LogP) is 3.61. The van der Waals surface area contributed by atoms with E-state index in [0.717, 1.165) is 11.9 Å². The molecule has 9 heteroatoms. The minimum absolute atomic E-state index is 0.0520. The lowest BCUT2D eigenvalue weighted by Gasteiger charge is -2.18. The number of benzene rings is 1. The third-order valence-electron chi connectivity index (χ3n) is 4.86. The molecule has 0 bridgehead atoms. The number of pyridine rings is 2. The number of aliphatic hydroxyl groups is 1. The van der Waals surface area contributed by atoms with E-state index in [1.807, 2.05) is 6.92 Å². The molecule has 3 heterocycles. The Morgan fingerprint density at radius 3 is 2.69 bits per heavy atom. The molecule has 0 aliphatic carbocycles. The van der Waals surface area contributed by atoms with Crippen LogP contribution in [0.3, 0.4) is 0 Å². The molecule has 2 N–H and O–H groups in total. The zero-order chi connectivity index (χ0) is 22.7. The number of hydrogen-bond acceptors (Lipinski definition) is 6. The fraction of sp³-hybridized carbons (Fsp3) is 0.130. The van der Waals surface area contributed by atoms with Crippen molar-refractivity contribution >= 4 is 11.6 Å². The van der Waals surface area contributed by atoms with Gasteiger partial charge in [0.15, 0.2) is 5.82 Å². The summed E-state index contributed by atoms with van der Waals surface area (Å²) >= 11 is 0. The van der Waals surface area contributed by atoms with Crippen molar-refractivity contribution in [2.24, 2.45) is 0 Å². The van der Waals surface area contributed by atoms with Crippen LogP contribution in [0.15, 0.2) is 71.9 Å². The van der Waals surface area contributed by atoms with Gasteiger partial charge in [0.1, 0.15) is 11.5 Å². The second-order valence-corrected chi connectivity index (χ2v) is 7.12. The largest absolute Gasteiger partial charge is 0.394 e. The molecule has 7 nitrogen and oxygen atoms in total. The summed E-state index contributed by atoms with van der Waals surface area (Å²) in [6.07, 6.45) is 4.07. The summed E-state index contributed by atoms with van der Waals surface area (Å²) in [4.78, 5) is 25.0. The van der Waals surface area contributed by atoms with E-state index in [0.29, 0.717) is 11.3 Å². The van der Waals surface area contributed by atoms with Crippen molar-refractivity contribution in [1.29, 1.82) is 0 Å². The van der Waals surface area contributed by atoms with Crippen molar-refractivity contribution in [1.82, 2.24) is 19.5 Å². The Hall–Kier alpha value is -3.98. The molecule has 1 atom stereocenters. The number of aryl methyl sites for hydroxylation is 1. The molecule has 0 spiro atoms. The van der Waals surface area contributed by atoms with Gasteiger partial charge in [-0.1, -0.05) is 12.1 Å². The van der Waals surface area contributed by atoms with Gasteiger partial charge in [-0.2, -0.15) is 0 Å². The van der Waals surface area contributed by atoms with Crippen molar-refractivity contribution in [2.75, 3.05) is 11.9 Å². The summed E-state index contributed by atoms with van der Waals surface area (Å²) in [5.74, 6) is -1.01. The summed E-state index contributed by atoms with van der Waals surface area (Å²) < 4.78 is 29.3. The first-order chi connectivity index (χ1) is 15.4. The average Bonchev–Trinajstić information content (AvgIpc) is 2.77. The summed E-state index contributed by atoms with van der Waals surface area (Å²) in [5, 5.41) is 12.8. The SMILES string of the molecule is Cc1cc(Nc2ncc(F)c(-c3ccn(C(CO)c4cccc(F)c4)c(=O)c3)n2)ccn1. The molecular formula is C23H19F2N5O2. The molecule has 3 aromatic heterocycles. The maximum atomic E-state index is 14.5. The Bertz CT molecular complexity index is 1330. The van der Waals surface area contributed by atoms with Crippen molar-refractivity contribution < 1.29 is 13.9 Å². The molecule has 0 radical (unpaired) electrons. The predicted molar refractivity (Wildman–Crippen MR) is 116 cm³/mol. The Labute approximate surface area is 182 Å². The number of halogens is 2. The van der Waals surface area contributed by atoms with Gasteiger partial charge in [-0.15, -0.1) is 0 Å². The first kappa shape index (κ1) is 21.3. The van der Waals surface area contributed by atoms with Gasteiger partial charge in [-0.25, -0.2) is 18.7 Å². The topological polar surface area (TPSA) is 92.9 Å². The van der Waals surface area contributed by atoms with Crippen LogP contribution in [0.5, 0.6) is 0 Å². The molecule has 4 aromatic rings. The summed E-state index contributed by atoms with van der Waals surface area (Å²) in [7, 11) is 0. The highest BCUT2D eigenvalue weighted by Gasteiger charge is 2.17. The molecule has 0 aliphatic rings. The molecule has 0 amide bonds. The third kappa shape index (κ3) is 4.52. The Balaban J connectivity index is 1.67. The zero-order valence-corrected chi connectivity index (χ0v) is 17.0. The Kier molecular flexibility index (Phi) is 6.00. The van der Waals surface area contributed by atoms with E-state index in [1.165, 1.54) is 41.1 Å². The molecule has 4 rings (SSSR count). The molecule has 0 aliphatic heterocycles. The van der Waals surface area contributed by atoms with Gasteiger partial charge in [-0.3, -0.25) is 9.78 Å². The normalized spacial score (nSPS) is 11.9. The van der Waals surface area contributed by atoms with E-state index in [2.05, 4.69) is 20.3 Å². The van der Waals surface area contributed by atoms with Crippen LogP contribution in [0.25, 0.3) is 11.3 Å². The highest BCUT2D eigenvalue weighted by atomic mass is 19.1. The van der Waals surface area contributed by atoms with Crippen LogP contribution in [0.2, 0.25) is 0 Å². The summed E-state index contributed by atoms with van der Waals surface area (Å²) in [6.45, 7) is 1.42. The lowest BCUT2D eigenvalue weighted by molar-refractivity contribution is 0.247. The molecule has 1 aromatic carbocycles. The van der Waals surface area contributed by atoms with Crippen LogP contribution in [0, 0.1) is 18.6 Å². The molecule has 32 heavy (non-hydrogen) atoms. The minimum atomic E-state index is -0.783. The van der Waals surface area contributed by atoms with E-state index in [-0.39, 0.29) is 17.2 Å². The van der Waals surface area contributed by atoms with Gasteiger partial charge in [0.05, 0.1) is 18.8 Å². The van der Waals surface area contributed by atoms with Crippen molar-refractivity contribution in [2.45, 2.75) is 13.0 Å². The van der Waals surface area contributed by atoms with Gasteiger partial charge >= 0.3 is 0 Å². The van der Waals surface area contributed by atoms with Crippen LogP contribution in [-0.2, 0) is 0 Å². The maximum absolute atomic E-state index is 14.5. The second-order valence-electron chi connectivity index (χ2n) is 7.12. The fourth-order valence-electron chi connectivity index (χ4n) is 3.34. The smallest absolute Gasteiger partial charge is 0.251 e. The van der Waals surface area contributed by atoms with E-state index in [9.17, 15) is 18.7 Å². The van der Waals surface area contributed by atoms with Crippen LogP contribution in [0.4, 0.5) is 20.4 Å². The Morgan fingerprint density at radius 1 is 1.12 bits per heavy atom. The summed E-state index contributed by atoms with van der Waals surface area (Å²) in [6, 6.07) is 11.1. The van der Waals surface area contributed by atoms with Crippen molar-refractivity contribution in [3.8, 4) is 11.3 Å². The van der Waals surface area contributed by atoms with Gasteiger partial charge in [-0.05, 0) is 42.8 Å². The quantitative estimate of drug-likeness (QED) is 0.481. The van der Waals surface area contributed by atoms with Crippen LogP contribution >= 0.6 is 0 Å². The van der Waals surface area contributed by atoms with E-state index in [1.54, 1.807) is 24.4 Å². The number of aliphatic hydroxyl groups excluding tert-OH is 1. The summed E-state index contributed by atoms with van der Waals surface area (Å²) in [5.41, 5.74) is 1.61. The van der Waals surface area contributed by atoms with Crippen molar-refractivity contribution in [3.05, 3.63) is 100 Å². The number of nitrogens with zero attached hydrogens (tertiary/aromatic N) is 4. The van der Waals surface area contributed by atoms with Gasteiger partial charge in [0.25, 0.3) is 5.56 Å². The van der Waals surface area contributed by atoms with Gasteiger partial charge in [0.2, 0.25) is 5.95 Å². The van der Waals surface area contributed by atoms with Gasteiger partial charge in [0, 0.05) is 35.4 Å². The van der Waals surface area contributed by atoms with Gasteiger partial charge < -0.3 is 15.0 Å². The molecular weight excluding hydrogens is 416 g/mol. The maximum Gasteiger partial charge on any atom is 0.251 e. The molecule has 0 fully saturated rings. The number of nitrogens with one attached hydrogen (secondary N) is 1. The average molecular weight is 435 g/mol. The van der Waals surface area contributed by atoms with Crippen LogP contribution < -0.4 is 10.9 Å². The number of anilines is 2. The van der Waals surface area contributed by atoms with E-state index >= 15 is 0 Å². The number of aromatic nitrogens is 4. The highest BCUT2D eigenvalue weighted by Crippen LogP contribution is 2.23. The zero-order valence-electron chi connectivity index (χ0n) is 17.0. The number of hydrogen-bond donors (Lipinski definition) is 2. The molecule has 1 unspecified atom stereocenters. The third-order valence-corrected chi connectivity index (χ3v) is 4.86. The fourth-order valence-corrected chi connectivity index (χ4v) is 3.34. The monoisotopic (exact) mass is 435 g/mol. The minimum Gasteiger partial charge on any atom is -0.394 e. The van der Waals surface area contributed by atoms with Crippen molar-refractivity contribution in [3.63, 3.8) is 0 Å². The van der Waals surface area contributed by atoms with E-state index in [4.69, 9.17) is 0 Å². The molecule has 0 saturated heterocycles. The lowest BCUT2D eigenvalue weighted by Crippen LogP contribution is -2.27. The van der Waals surface area contributed by atoms with E-state index < -0.39 is 29.8 Å². The standard InChI is InChI=1S/C23H19F2N5O2/c1-14-9-18(5-7-26-14)28-23-27-12-19(25)22(29-23)16-6-8-30(21(32)11-16)20(13-31)15-3-2-4-17(24)10-15/h2-12,20,31H,13H2,1H3,(H,26,27,28,29). The lowest BCUT2D eigenvalue weighted by atomic mass is 10.1. The van der Waals surface area contributed by atoms with Crippen LogP contribution in [0.1, 0.15) is 17.3 Å². The molecule has 162 valence electrons. The number of rotatable bonds is 6. The highest BCUT2D eigenvalue weighted by molar-refractivity contribution is 5.62.